The molecule has 1 aliphatic rings. The molecule has 0 radical (unpaired) electrons. The van der Waals surface area contributed by atoms with E-state index in [-0.39, 0.29) is 6.42 Å². The summed E-state index contributed by atoms with van der Waals surface area (Å²) in [6, 6.07) is 7.49. The summed E-state index contributed by atoms with van der Waals surface area (Å²) < 4.78 is 5.37. The van der Waals surface area contributed by atoms with Crippen LogP contribution in [-0.2, 0) is 4.79 Å². The number of carboxylic acid groups (broad SMARTS) is 1. The van der Waals surface area contributed by atoms with E-state index in [1.54, 1.807) is 0 Å². The van der Waals surface area contributed by atoms with Crippen molar-refractivity contribution in [3.8, 4) is 5.75 Å². The van der Waals surface area contributed by atoms with E-state index in [0.29, 0.717) is 6.61 Å². The van der Waals surface area contributed by atoms with E-state index in [4.69, 9.17) is 9.84 Å². The third-order valence-electron chi connectivity index (χ3n) is 2.14. The van der Waals surface area contributed by atoms with Gasteiger partial charge < -0.3 is 9.84 Å². The Labute approximate surface area is 81.6 Å². The Morgan fingerprint density at radius 3 is 3.00 bits per heavy atom. The van der Waals surface area contributed by atoms with Gasteiger partial charge in [-0.3, -0.25) is 4.79 Å². The SMILES string of the molecule is O=C(O)CC1=CCOc2ccccc21. The minimum absolute atomic E-state index is 0.0559. The average molecular weight is 190 g/mol. The van der Waals surface area contributed by atoms with Gasteiger partial charge in [0.2, 0.25) is 0 Å². The second-order valence-electron chi connectivity index (χ2n) is 3.11. The summed E-state index contributed by atoms with van der Waals surface area (Å²) in [6.07, 6.45) is 1.87. The molecule has 0 saturated heterocycles. The van der Waals surface area contributed by atoms with Crippen LogP contribution in [0.2, 0.25) is 0 Å². The molecule has 2 rings (SSSR count). The van der Waals surface area contributed by atoms with Crippen molar-refractivity contribution in [1.29, 1.82) is 0 Å². The zero-order valence-corrected chi connectivity index (χ0v) is 7.56. The van der Waals surface area contributed by atoms with Crippen molar-refractivity contribution in [3.05, 3.63) is 35.9 Å². The van der Waals surface area contributed by atoms with Crippen molar-refractivity contribution in [2.24, 2.45) is 0 Å². The highest BCUT2D eigenvalue weighted by atomic mass is 16.5. The molecule has 1 N–H and O–H groups in total. The molecule has 0 fully saturated rings. The van der Waals surface area contributed by atoms with Crippen LogP contribution in [0.25, 0.3) is 5.57 Å². The summed E-state index contributed by atoms with van der Waals surface area (Å²) in [6.45, 7) is 0.458. The topological polar surface area (TPSA) is 46.5 Å². The number of aliphatic carboxylic acids is 1. The monoisotopic (exact) mass is 190 g/mol. The molecule has 0 aliphatic carbocycles. The molecule has 0 aromatic heterocycles. The molecule has 0 amide bonds. The summed E-state index contributed by atoms with van der Waals surface area (Å²) in [5.41, 5.74) is 1.72. The number of para-hydroxylation sites is 1. The van der Waals surface area contributed by atoms with E-state index in [2.05, 4.69) is 0 Å². The van der Waals surface area contributed by atoms with Gasteiger partial charge >= 0.3 is 5.97 Å². The number of carbonyl (C=O) groups is 1. The van der Waals surface area contributed by atoms with Crippen molar-refractivity contribution in [2.75, 3.05) is 6.61 Å². The minimum atomic E-state index is -0.812. The number of rotatable bonds is 2. The molecule has 0 atom stereocenters. The molecule has 0 spiro atoms. The molecule has 72 valence electrons. The number of benzene rings is 1. The standard InChI is InChI=1S/C11H10O3/c12-11(13)7-8-5-6-14-10-4-2-1-3-9(8)10/h1-5H,6-7H2,(H,12,13). The lowest BCUT2D eigenvalue weighted by atomic mass is 10.00. The van der Waals surface area contributed by atoms with Gasteiger partial charge in [0.25, 0.3) is 0 Å². The maximum atomic E-state index is 10.6. The molecule has 0 unspecified atom stereocenters. The van der Waals surface area contributed by atoms with Gasteiger partial charge in [0, 0.05) is 5.56 Å². The lowest BCUT2D eigenvalue weighted by molar-refractivity contribution is -0.135. The lowest BCUT2D eigenvalue weighted by Gasteiger charge is -2.17. The van der Waals surface area contributed by atoms with Crippen LogP contribution in [0.1, 0.15) is 12.0 Å². The van der Waals surface area contributed by atoms with E-state index in [1.807, 2.05) is 30.3 Å². The fraction of sp³-hybridized carbons (Fsp3) is 0.182. The number of hydrogen-bond donors (Lipinski definition) is 1. The molecule has 3 nitrogen and oxygen atoms in total. The van der Waals surface area contributed by atoms with Crippen molar-refractivity contribution in [3.63, 3.8) is 0 Å². The number of ether oxygens (including phenoxy) is 1. The van der Waals surface area contributed by atoms with E-state index >= 15 is 0 Å². The molecule has 0 bridgehead atoms. The molecule has 1 heterocycles. The van der Waals surface area contributed by atoms with Crippen LogP contribution in [0, 0.1) is 0 Å². The predicted molar refractivity (Wildman–Crippen MR) is 52.2 cm³/mol. The third-order valence-corrected chi connectivity index (χ3v) is 2.14. The first-order valence-electron chi connectivity index (χ1n) is 4.40. The van der Waals surface area contributed by atoms with Crippen LogP contribution in [0.15, 0.2) is 30.3 Å². The van der Waals surface area contributed by atoms with E-state index < -0.39 is 5.97 Å². The van der Waals surface area contributed by atoms with Gasteiger partial charge in [-0.25, -0.2) is 0 Å². The second kappa shape index (κ2) is 3.54. The van der Waals surface area contributed by atoms with E-state index in [1.165, 1.54) is 0 Å². The molecule has 1 aromatic carbocycles. The Morgan fingerprint density at radius 1 is 1.43 bits per heavy atom. The first-order valence-corrected chi connectivity index (χ1v) is 4.40. The van der Waals surface area contributed by atoms with Gasteiger partial charge in [0.05, 0.1) is 6.42 Å². The van der Waals surface area contributed by atoms with Crippen molar-refractivity contribution >= 4 is 11.5 Å². The van der Waals surface area contributed by atoms with Crippen molar-refractivity contribution in [1.82, 2.24) is 0 Å². The van der Waals surface area contributed by atoms with Gasteiger partial charge in [-0.05, 0) is 17.7 Å². The van der Waals surface area contributed by atoms with Gasteiger partial charge in [-0.2, -0.15) is 0 Å². The van der Waals surface area contributed by atoms with Crippen molar-refractivity contribution in [2.45, 2.75) is 6.42 Å². The molecule has 1 aliphatic heterocycles. The smallest absolute Gasteiger partial charge is 0.307 e. The van der Waals surface area contributed by atoms with Gasteiger partial charge in [-0.1, -0.05) is 18.2 Å². The number of hydrogen-bond acceptors (Lipinski definition) is 2. The first kappa shape index (κ1) is 8.81. The minimum Gasteiger partial charge on any atom is -0.489 e. The highest BCUT2D eigenvalue weighted by Crippen LogP contribution is 2.31. The summed E-state index contributed by atoms with van der Waals surface area (Å²) in [5, 5.41) is 8.71. The lowest BCUT2D eigenvalue weighted by Crippen LogP contribution is -2.07. The van der Waals surface area contributed by atoms with Crippen LogP contribution >= 0.6 is 0 Å². The second-order valence-corrected chi connectivity index (χ2v) is 3.11. The Morgan fingerprint density at radius 2 is 2.21 bits per heavy atom. The summed E-state index contributed by atoms with van der Waals surface area (Å²) in [5.74, 6) is -0.0424. The summed E-state index contributed by atoms with van der Waals surface area (Å²) >= 11 is 0. The highest BCUT2D eigenvalue weighted by Gasteiger charge is 2.14. The van der Waals surface area contributed by atoms with Crippen LogP contribution in [-0.4, -0.2) is 17.7 Å². The number of carboxylic acids is 1. The van der Waals surface area contributed by atoms with Crippen LogP contribution in [0.5, 0.6) is 5.75 Å². The van der Waals surface area contributed by atoms with Crippen LogP contribution in [0.4, 0.5) is 0 Å². The molecular weight excluding hydrogens is 180 g/mol. The van der Waals surface area contributed by atoms with Gasteiger partial charge in [-0.15, -0.1) is 0 Å². The molecule has 14 heavy (non-hydrogen) atoms. The van der Waals surface area contributed by atoms with Gasteiger partial charge in [0.1, 0.15) is 12.4 Å². The average Bonchev–Trinajstić information content (AvgIpc) is 2.18. The zero-order chi connectivity index (χ0) is 9.97. The maximum absolute atomic E-state index is 10.6. The predicted octanol–water partition coefficient (Wildman–Crippen LogP) is 1.94. The fourth-order valence-electron chi connectivity index (χ4n) is 1.53. The Bertz CT molecular complexity index is 393. The Balaban J connectivity index is 2.35. The largest absolute Gasteiger partial charge is 0.489 e. The molecule has 0 saturated carbocycles. The zero-order valence-electron chi connectivity index (χ0n) is 7.56. The van der Waals surface area contributed by atoms with Crippen LogP contribution < -0.4 is 4.74 Å². The maximum Gasteiger partial charge on any atom is 0.307 e. The molecule has 3 heteroatoms. The van der Waals surface area contributed by atoms with E-state index in [9.17, 15) is 4.79 Å². The normalized spacial score (nSPS) is 13.9. The van der Waals surface area contributed by atoms with Crippen molar-refractivity contribution < 1.29 is 14.6 Å². The Kier molecular flexibility index (Phi) is 2.23. The summed E-state index contributed by atoms with van der Waals surface area (Å²) in [4.78, 5) is 10.6. The quantitative estimate of drug-likeness (QED) is 0.775. The number of fused-ring (bicyclic) bond motifs is 1. The molecular formula is C11H10O3. The Hall–Kier alpha value is -1.77. The third kappa shape index (κ3) is 1.62. The van der Waals surface area contributed by atoms with E-state index in [0.717, 1.165) is 16.9 Å². The fourth-order valence-corrected chi connectivity index (χ4v) is 1.53. The van der Waals surface area contributed by atoms with Gasteiger partial charge in [0.15, 0.2) is 0 Å². The first-order chi connectivity index (χ1) is 6.77. The summed E-state index contributed by atoms with van der Waals surface area (Å²) in [7, 11) is 0. The van der Waals surface area contributed by atoms with Crippen LogP contribution in [0.3, 0.4) is 0 Å². The molecule has 1 aromatic rings. The highest BCUT2D eigenvalue weighted by molar-refractivity contribution is 5.86.